The fraction of sp³-hybridized carbons (Fsp3) is 0.343. The summed E-state index contributed by atoms with van der Waals surface area (Å²) in [7, 11) is 3.18. The topological polar surface area (TPSA) is 163 Å². The number of aliphatic hydroxyl groups is 1. The van der Waals surface area contributed by atoms with Gasteiger partial charge in [-0.05, 0) is 41.0 Å². The molecule has 1 aliphatic heterocycles. The third-order valence-corrected chi connectivity index (χ3v) is 7.94. The van der Waals surface area contributed by atoms with E-state index in [0.29, 0.717) is 11.5 Å². The van der Waals surface area contributed by atoms with E-state index in [1.54, 1.807) is 14.2 Å². The van der Waals surface area contributed by atoms with Crippen molar-refractivity contribution in [3.8, 4) is 17.6 Å². The molecular weight excluding hydrogens is 622 g/mol. The molecular formula is C35H37N3O10. The molecule has 0 amide bonds. The zero-order valence-corrected chi connectivity index (χ0v) is 26.5. The zero-order chi connectivity index (χ0) is 33.9. The van der Waals surface area contributed by atoms with Gasteiger partial charge < -0.3 is 38.3 Å². The first kappa shape index (κ1) is 34.5. The van der Waals surface area contributed by atoms with Gasteiger partial charge >= 0.3 is 5.69 Å². The molecule has 4 atom stereocenters. The number of aromatic nitrogens is 2. The van der Waals surface area contributed by atoms with Crippen LogP contribution in [0.2, 0.25) is 0 Å². The molecule has 0 saturated carbocycles. The van der Waals surface area contributed by atoms with Gasteiger partial charge in [0.2, 0.25) is 0 Å². The van der Waals surface area contributed by atoms with E-state index in [1.807, 2.05) is 84.9 Å². The minimum atomic E-state index is -1.29. The van der Waals surface area contributed by atoms with Crippen LogP contribution in [0.5, 0.6) is 11.5 Å². The molecule has 252 valence electrons. The minimum Gasteiger partial charge on any atom is -0.497 e. The van der Waals surface area contributed by atoms with Gasteiger partial charge in [0.05, 0.1) is 39.9 Å². The number of H-pyrrole nitrogens is 1. The molecule has 1 aliphatic rings. The number of aromatic amines is 1. The second kappa shape index (κ2) is 16.3. The highest BCUT2D eigenvalue weighted by Crippen LogP contribution is 2.43. The van der Waals surface area contributed by atoms with E-state index in [0.717, 1.165) is 21.3 Å². The maximum Gasteiger partial charge on any atom is 0.330 e. The second-order valence-corrected chi connectivity index (χ2v) is 10.8. The van der Waals surface area contributed by atoms with Gasteiger partial charge in [0.15, 0.2) is 6.23 Å². The number of methoxy groups -OCH3 is 2. The van der Waals surface area contributed by atoms with Crippen LogP contribution in [0.25, 0.3) is 0 Å². The lowest BCUT2D eigenvalue weighted by molar-refractivity contribution is -0.175. The van der Waals surface area contributed by atoms with Crippen LogP contribution in [-0.4, -0.2) is 74.0 Å². The van der Waals surface area contributed by atoms with Gasteiger partial charge in [0, 0.05) is 12.3 Å². The quantitative estimate of drug-likeness (QED) is 0.103. The lowest BCUT2D eigenvalue weighted by Crippen LogP contribution is -2.41. The molecule has 4 aromatic rings. The highest BCUT2D eigenvalue weighted by atomic mass is 16.7. The Kier molecular flexibility index (Phi) is 11.8. The second-order valence-electron chi connectivity index (χ2n) is 10.8. The number of nitrogens with one attached hydrogen (secondary N) is 1. The Morgan fingerprint density at radius 2 is 1.50 bits per heavy atom. The summed E-state index contributed by atoms with van der Waals surface area (Å²) in [6, 6.07) is 27.8. The molecule has 2 unspecified atom stereocenters. The van der Waals surface area contributed by atoms with E-state index in [2.05, 4.69) is 4.98 Å². The van der Waals surface area contributed by atoms with Crippen LogP contribution in [0.4, 0.5) is 0 Å². The zero-order valence-electron chi connectivity index (χ0n) is 26.5. The molecule has 0 aliphatic carbocycles. The largest absolute Gasteiger partial charge is 0.497 e. The van der Waals surface area contributed by atoms with Gasteiger partial charge in [-0.1, -0.05) is 54.6 Å². The normalized spacial score (nSPS) is 19.1. The van der Waals surface area contributed by atoms with E-state index in [-0.39, 0.29) is 33.2 Å². The van der Waals surface area contributed by atoms with Gasteiger partial charge in [-0.3, -0.25) is 14.3 Å². The number of benzene rings is 3. The van der Waals surface area contributed by atoms with Crippen LogP contribution < -0.4 is 20.7 Å². The summed E-state index contributed by atoms with van der Waals surface area (Å²) < 4.78 is 41.6. The van der Waals surface area contributed by atoms with Crippen LogP contribution in [0.1, 0.15) is 29.3 Å². The first-order valence-corrected chi connectivity index (χ1v) is 15.2. The molecule has 13 nitrogen and oxygen atoms in total. The SMILES string of the molecule is COc1ccc(C(OC[C@@H]2O[C@H](n3ccc(=O)[nH]c3=O)C(OCOCOCCC#N)C2O)(c2ccccc2)c2ccc(OC)cc2)cc1. The Labute approximate surface area is 276 Å². The lowest BCUT2D eigenvalue weighted by Gasteiger charge is -2.37. The number of nitriles is 1. The Balaban J connectivity index is 1.48. The van der Waals surface area contributed by atoms with Crippen molar-refractivity contribution in [2.45, 2.75) is 36.6 Å². The van der Waals surface area contributed by atoms with Crippen LogP contribution in [0.3, 0.4) is 0 Å². The Morgan fingerprint density at radius 1 is 0.875 bits per heavy atom. The van der Waals surface area contributed by atoms with Gasteiger partial charge in [-0.15, -0.1) is 0 Å². The Morgan fingerprint density at radius 3 is 2.08 bits per heavy atom. The third-order valence-electron chi connectivity index (χ3n) is 7.94. The van der Waals surface area contributed by atoms with Crippen LogP contribution in [-0.2, 0) is 29.3 Å². The molecule has 1 fully saturated rings. The predicted molar refractivity (Wildman–Crippen MR) is 171 cm³/mol. The van der Waals surface area contributed by atoms with Crippen LogP contribution in [0, 0.1) is 11.3 Å². The van der Waals surface area contributed by atoms with Crippen molar-refractivity contribution in [1.29, 1.82) is 5.26 Å². The van der Waals surface area contributed by atoms with Crippen molar-refractivity contribution in [1.82, 2.24) is 9.55 Å². The minimum absolute atomic E-state index is 0.148. The first-order chi connectivity index (χ1) is 23.4. The maximum atomic E-state index is 12.8. The number of hydrogen-bond donors (Lipinski definition) is 2. The first-order valence-electron chi connectivity index (χ1n) is 15.2. The van der Waals surface area contributed by atoms with E-state index < -0.39 is 41.4 Å². The summed E-state index contributed by atoms with van der Waals surface area (Å²) in [4.78, 5) is 26.8. The molecule has 1 aromatic heterocycles. The van der Waals surface area contributed by atoms with E-state index >= 15 is 0 Å². The van der Waals surface area contributed by atoms with E-state index in [1.165, 1.54) is 12.3 Å². The average molecular weight is 660 g/mol. The summed E-state index contributed by atoms with van der Waals surface area (Å²) in [6.07, 6.45) is -3.06. The highest BCUT2D eigenvalue weighted by molar-refractivity contribution is 5.49. The summed E-state index contributed by atoms with van der Waals surface area (Å²) in [5.41, 5.74) is -0.173. The molecule has 13 heteroatoms. The summed E-state index contributed by atoms with van der Waals surface area (Å²) in [5.74, 6) is 1.33. The summed E-state index contributed by atoms with van der Waals surface area (Å²) in [5, 5.41) is 20.2. The molecule has 48 heavy (non-hydrogen) atoms. The number of nitrogens with zero attached hydrogens (tertiary/aromatic N) is 2. The number of hydrogen-bond acceptors (Lipinski definition) is 11. The highest BCUT2D eigenvalue weighted by Gasteiger charge is 2.48. The summed E-state index contributed by atoms with van der Waals surface area (Å²) in [6.45, 7) is -0.428. The number of rotatable bonds is 16. The fourth-order valence-electron chi connectivity index (χ4n) is 5.57. The monoisotopic (exact) mass is 659 g/mol. The Hall–Kier alpha value is -4.81. The van der Waals surface area contributed by atoms with Gasteiger partial charge in [0.25, 0.3) is 5.56 Å². The van der Waals surface area contributed by atoms with Crippen LogP contribution >= 0.6 is 0 Å². The van der Waals surface area contributed by atoms with Gasteiger partial charge in [0.1, 0.15) is 49.0 Å². The maximum absolute atomic E-state index is 12.8. The van der Waals surface area contributed by atoms with Crippen molar-refractivity contribution in [2.24, 2.45) is 0 Å². The van der Waals surface area contributed by atoms with Gasteiger partial charge in [-0.25, -0.2) is 4.79 Å². The number of ether oxygens (including phenoxy) is 7. The number of aliphatic hydroxyl groups excluding tert-OH is 1. The predicted octanol–water partition coefficient (Wildman–Crippen LogP) is 3.07. The smallest absolute Gasteiger partial charge is 0.330 e. The standard InChI is InChI=1S/C35H37N3O10/c1-42-27-13-9-25(10-14-27)35(24-7-4-3-5-8-24,26-11-15-28(43-2)16-12-26)47-21-29-31(40)32(46-23-45-22-44-20-6-18-36)33(48-29)38-19-17-30(39)37-34(38)41/h3-5,7-17,19,29,31-33,40H,6,20-23H2,1-2H3,(H,37,39,41)/t29-,31?,32?,33-/m0/s1. The van der Waals surface area contributed by atoms with E-state index in [9.17, 15) is 14.7 Å². The average Bonchev–Trinajstić information content (AvgIpc) is 3.43. The Bertz CT molecular complexity index is 1710. The molecule has 2 N–H and O–H groups in total. The van der Waals surface area contributed by atoms with Crippen LogP contribution in [0.15, 0.2) is 101 Å². The van der Waals surface area contributed by atoms with Crippen molar-refractivity contribution >= 4 is 0 Å². The molecule has 1 saturated heterocycles. The molecule has 0 radical (unpaired) electrons. The molecule has 0 bridgehead atoms. The molecule has 5 rings (SSSR count). The summed E-state index contributed by atoms with van der Waals surface area (Å²) >= 11 is 0. The van der Waals surface area contributed by atoms with Crippen molar-refractivity contribution in [2.75, 3.05) is 41.0 Å². The third kappa shape index (κ3) is 7.66. The lowest BCUT2D eigenvalue weighted by atomic mass is 9.80. The van der Waals surface area contributed by atoms with Gasteiger partial charge in [-0.2, -0.15) is 5.26 Å². The van der Waals surface area contributed by atoms with Crippen molar-refractivity contribution in [3.05, 3.63) is 129 Å². The van der Waals surface area contributed by atoms with E-state index in [4.69, 9.17) is 38.4 Å². The van der Waals surface area contributed by atoms with Crippen molar-refractivity contribution < 1.29 is 38.3 Å². The molecule has 2 heterocycles. The molecule has 0 spiro atoms. The fourth-order valence-corrected chi connectivity index (χ4v) is 5.57. The molecule has 3 aromatic carbocycles. The van der Waals surface area contributed by atoms with Crippen molar-refractivity contribution in [3.63, 3.8) is 0 Å².